The second-order valence-electron chi connectivity index (χ2n) is 6.45. The van der Waals surface area contributed by atoms with Crippen LogP contribution in [-0.4, -0.2) is 70.1 Å². The molecule has 166 valence electrons. The fourth-order valence-corrected chi connectivity index (χ4v) is 2.99. The van der Waals surface area contributed by atoms with E-state index in [1.165, 1.54) is 0 Å². The molecule has 0 radical (unpaired) electrons. The zero-order valence-corrected chi connectivity index (χ0v) is 19.1. The number of halogens is 4. The van der Waals surface area contributed by atoms with Crippen molar-refractivity contribution in [2.75, 3.05) is 53.0 Å². The topological polar surface area (TPSA) is 58.1 Å². The monoisotopic (exact) mass is 530 g/mol. The van der Waals surface area contributed by atoms with Crippen LogP contribution < -0.4 is 15.4 Å². The van der Waals surface area contributed by atoms with Gasteiger partial charge in [0.15, 0.2) is 5.96 Å². The number of rotatable bonds is 8. The van der Waals surface area contributed by atoms with Crippen LogP contribution in [0.1, 0.15) is 24.9 Å². The molecule has 1 atom stereocenters. The normalized spacial score (nSPS) is 16.7. The molecule has 0 amide bonds. The first-order chi connectivity index (χ1) is 13.4. The number of benzene rings is 1. The van der Waals surface area contributed by atoms with Crippen molar-refractivity contribution in [1.82, 2.24) is 15.5 Å². The zero-order valence-electron chi connectivity index (χ0n) is 16.8. The third kappa shape index (κ3) is 9.39. The van der Waals surface area contributed by atoms with Gasteiger partial charge in [0.25, 0.3) is 0 Å². The van der Waals surface area contributed by atoms with Gasteiger partial charge in [0.2, 0.25) is 0 Å². The van der Waals surface area contributed by atoms with E-state index < -0.39 is 12.6 Å². The molecular formula is C19H30F3IN4O2. The number of guanidine groups is 1. The molecule has 10 heteroatoms. The van der Waals surface area contributed by atoms with E-state index in [0.717, 1.165) is 24.4 Å². The third-order valence-corrected chi connectivity index (χ3v) is 4.45. The van der Waals surface area contributed by atoms with Gasteiger partial charge in [-0.1, -0.05) is 12.1 Å². The first-order valence-corrected chi connectivity index (χ1v) is 9.47. The summed E-state index contributed by atoms with van der Waals surface area (Å²) in [5, 5.41) is 5.77. The molecule has 0 aliphatic carbocycles. The summed E-state index contributed by atoms with van der Waals surface area (Å²) in [6.45, 7) is 5.54. The Morgan fingerprint density at radius 3 is 2.41 bits per heavy atom. The molecule has 1 fully saturated rings. The first kappa shape index (κ1) is 25.8. The van der Waals surface area contributed by atoms with E-state index in [1.807, 2.05) is 31.2 Å². The van der Waals surface area contributed by atoms with Crippen LogP contribution in [0, 0.1) is 0 Å². The van der Waals surface area contributed by atoms with Crippen molar-refractivity contribution in [3.05, 3.63) is 29.8 Å². The Labute approximate surface area is 187 Å². The summed E-state index contributed by atoms with van der Waals surface area (Å²) >= 11 is 0. The van der Waals surface area contributed by atoms with Crippen LogP contribution in [0.5, 0.6) is 5.75 Å². The minimum Gasteiger partial charge on any atom is -0.497 e. The predicted octanol–water partition coefficient (Wildman–Crippen LogP) is 3.19. The largest absolute Gasteiger partial charge is 0.497 e. The van der Waals surface area contributed by atoms with Gasteiger partial charge in [0, 0.05) is 26.2 Å². The molecule has 1 saturated heterocycles. The Morgan fingerprint density at radius 2 is 1.86 bits per heavy atom. The SMILES string of the molecule is CCNC(=NCC(c1ccc(OC)cc1)N1CCOCC1)NCCC(F)(F)F.I. The summed E-state index contributed by atoms with van der Waals surface area (Å²) in [5.74, 6) is 1.16. The van der Waals surface area contributed by atoms with Crippen LogP contribution in [0.3, 0.4) is 0 Å². The third-order valence-electron chi connectivity index (χ3n) is 4.45. The summed E-state index contributed by atoms with van der Waals surface area (Å²) in [4.78, 5) is 6.83. The average molecular weight is 530 g/mol. The fraction of sp³-hybridized carbons (Fsp3) is 0.632. The van der Waals surface area contributed by atoms with Crippen LogP contribution in [0.4, 0.5) is 13.2 Å². The molecule has 1 aliphatic heterocycles. The highest BCUT2D eigenvalue weighted by Gasteiger charge is 2.26. The number of methoxy groups -OCH3 is 1. The molecule has 1 unspecified atom stereocenters. The highest BCUT2D eigenvalue weighted by molar-refractivity contribution is 14.0. The van der Waals surface area contributed by atoms with Crippen molar-refractivity contribution in [2.45, 2.75) is 25.6 Å². The van der Waals surface area contributed by atoms with Gasteiger partial charge in [-0.05, 0) is 24.6 Å². The van der Waals surface area contributed by atoms with Crippen molar-refractivity contribution >= 4 is 29.9 Å². The van der Waals surface area contributed by atoms with Gasteiger partial charge in [-0.3, -0.25) is 9.89 Å². The van der Waals surface area contributed by atoms with Gasteiger partial charge in [0.1, 0.15) is 5.75 Å². The molecule has 1 aromatic rings. The van der Waals surface area contributed by atoms with Crippen LogP contribution in [-0.2, 0) is 4.74 Å². The first-order valence-electron chi connectivity index (χ1n) is 9.47. The van der Waals surface area contributed by atoms with E-state index in [4.69, 9.17) is 9.47 Å². The highest BCUT2D eigenvalue weighted by Crippen LogP contribution is 2.24. The minimum absolute atomic E-state index is 0. The van der Waals surface area contributed by atoms with Gasteiger partial charge in [-0.2, -0.15) is 13.2 Å². The van der Waals surface area contributed by atoms with Crippen molar-refractivity contribution in [3.63, 3.8) is 0 Å². The predicted molar refractivity (Wildman–Crippen MR) is 118 cm³/mol. The van der Waals surface area contributed by atoms with Crippen LogP contribution >= 0.6 is 24.0 Å². The molecule has 0 saturated carbocycles. The van der Waals surface area contributed by atoms with Crippen LogP contribution in [0.2, 0.25) is 0 Å². The van der Waals surface area contributed by atoms with E-state index in [-0.39, 0.29) is 36.6 Å². The number of hydrogen-bond donors (Lipinski definition) is 2. The fourth-order valence-electron chi connectivity index (χ4n) is 2.99. The van der Waals surface area contributed by atoms with E-state index >= 15 is 0 Å². The van der Waals surface area contributed by atoms with Crippen molar-refractivity contribution in [2.24, 2.45) is 4.99 Å². The Hall–Kier alpha value is -1.27. The smallest absolute Gasteiger partial charge is 0.390 e. The van der Waals surface area contributed by atoms with E-state index in [2.05, 4.69) is 20.5 Å². The molecular weight excluding hydrogens is 500 g/mol. The molecule has 0 bridgehead atoms. The lowest BCUT2D eigenvalue weighted by atomic mass is 10.0. The molecule has 2 N–H and O–H groups in total. The quantitative estimate of drug-likeness (QED) is 0.307. The number of hydrogen-bond acceptors (Lipinski definition) is 4. The van der Waals surface area contributed by atoms with Crippen LogP contribution in [0.25, 0.3) is 0 Å². The van der Waals surface area contributed by atoms with Gasteiger partial charge in [0.05, 0.1) is 39.3 Å². The Bertz CT molecular complexity index is 608. The number of ether oxygens (including phenoxy) is 2. The lowest BCUT2D eigenvalue weighted by molar-refractivity contribution is -0.132. The summed E-state index contributed by atoms with van der Waals surface area (Å²) in [7, 11) is 1.62. The van der Waals surface area contributed by atoms with Crippen molar-refractivity contribution < 1.29 is 22.6 Å². The molecule has 6 nitrogen and oxygen atoms in total. The molecule has 2 rings (SSSR count). The highest BCUT2D eigenvalue weighted by atomic mass is 127. The Kier molecular flexibility index (Phi) is 11.7. The van der Waals surface area contributed by atoms with Crippen molar-refractivity contribution in [3.8, 4) is 5.75 Å². The van der Waals surface area contributed by atoms with Gasteiger partial charge in [-0.25, -0.2) is 0 Å². The summed E-state index contributed by atoms with van der Waals surface area (Å²) in [6, 6.07) is 7.81. The molecule has 0 aromatic heterocycles. The number of nitrogens with one attached hydrogen (secondary N) is 2. The van der Waals surface area contributed by atoms with Crippen LogP contribution in [0.15, 0.2) is 29.3 Å². The number of nitrogens with zero attached hydrogens (tertiary/aromatic N) is 2. The number of morpholine rings is 1. The second kappa shape index (κ2) is 13.1. The van der Waals surface area contributed by atoms with E-state index in [1.54, 1.807) is 7.11 Å². The molecule has 0 spiro atoms. The summed E-state index contributed by atoms with van der Waals surface area (Å²) < 4.78 is 47.9. The maximum atomic E-state index is 12.4. The zero-order chi connectivity index (χ0) is 20.4. The summed E-state index contributed by atoms with van der Waals surface area (Å²) in [5.41, 5.74) is 1.08. The Morgan fingerprint density at radius 1 is 1.21 bits per heavy atom. The number of aliphatic imine (C=N–C) groups is 1. The standard InChI is InChI=1S/C19H29F3N4O2.HI/c1-3-23-18(24-9-8-19(20,21)22)25-14-17(26-10-12-28-13-11-26)15-4-6-16(27-2)7-5-15;/h4-7,17H,3,8-14H2,1-2H3,(H2,23,24,25);1H. The molecule has 29 heavy (non-hydrogen) atoms. The second-order valence-corrected chi connectivity index (χ2v) is 6.45. The van der Waals surface area contributed by atoms with E-state index in [0.29, 0.717) is 32.3 Å². The lowest BCUT2D eigenvalue weighted by Gasteiger charge is -2.34. The minimum atomic E-state index is -4.19. The average Bonchev–Trinajstić information content (AvgIpc) is 2.68. The summed E-state index contributed by atoms with van der Waals surface area (Å²) in [6.07, 6.45) is -5.09. The molecule has 1 heterocycles. The van der Waals surface area contributed by atoms with Gasteiger partial charge in [-0.15, -0.1) is 24.0 Å². The maximum absolute atomic E-state index is 12.4. The maximum Gasteiger partial charge on any atom is 0.390 e. The molecule has 1 aromatic carbocycles. The molecule has 1 aliphatic rings. The Balaban J connectivity index is 0.00000420. The van der Waals surface area contributed by atoms with Gasteiger partial charge < -0.3 is 20.1 Å². The van der Waals surface area contributed by atoms with Gasteiger partial charge >= 0.3 is 6.18 Å². The lowest BCUT2D eigenvalue weighted by Crippen LogP contribution is -2.42. The van der Waals surface area contributed by atoms with Crippen molar-refractivity contribution in [1.29, 1.82) is 0 Å². The number of alkyl halides is 3. The van der Waals surface area contributed by atoms with E-state index in [9.17, 15) is 13.2 Å².